The molecule has 0 N–H and O–H groups in total. The van der Waals surface area contributed by atoms with E-state index in [1.807, 2.05) is 6.07 Å². The quantitative estimate of drug-likeness (QED) is 0.589. The molecular weight excluding hydrogens is 348 g/mol. The Hall–Kier alpha value is -0.723. The number of hydrogen-bond acceptors (Lipinski definition) is 3. The minimum atomic E-state index is -1.10. The molecule has 0 radical (unpaired) electrons. The molecule has 1 aromatic heterocycles. The molecule has 21 heavy (non-hydrogen) atoms. The number of amides is 1. The molecule has 1 fully saturated rings. The molecule has 1 aliphatic carbocycles. The molecule has 0 atom stereocenters. The van der Waals surface area contributed by atoms with Crippen molar-refractivity contribution in [3.8, 4) is 0 Å². The Morgan fingerprint density at radius 3 is 2.76 bits per heavy atom. The minimum absolute atomic E-state index is 0.163. The third kappa shape index (κ3) is 2.81. The lowest BCUT2D eigenvalue weighted by atomic mass is 10.00. The van der Waals surface area contributed by atoms with Crippen LogP contribution in [0.25, 0.3) is 0 Å². The Morgan fingerprint density at radius 2 is 2.14 bits per heavy atom. The molecule has 4 nitrogen and oxygen atoms in total. The van der Waals surface area contributed by atoms with Crippen LogP contribution < -0.4 is 4.90 Å². The fraction of sp³-hybridized carbons (Fsp3) is 0.600. The van der Waals surface area contributed by atoms with Crippen LogP contribution in [0.15, 0.2) is 16.7 Å². The third-order valence-corrected chi connectivity index (χ3v) is 6.36. The highest BCUT2D eigenvalue weighted by molar-refractivity contribution is 9.10. The van der Waals surface area contributed by atoms with Gasteiger partial charge in [0.15, 0.2) is 0 Å². The standard InChI is InChI=1S/C15H21BrN2O2Si/c1-21(2,3)7-6-20-10-18-13-12(8-11(16)9-17-13)15(4-5-15)14(18)19/h8-9H,4-7,10H2,1-3H3. The number of ether oxygens (including phenoxy) is 1. The highest BCUT2D eigenvalue weighted by Crippen LogP contribution is 2.56. The largest absolute Gasteiger partial charge is 0.361 e. The van der Waals surface area contributed by atoms with E-state index in [2.05, 4.69) is 40.6 Å². The van der Waals surface area contributed by atoms with E-state index in [4.69, 9.17) is 4.74 Å². The van der Waals surface area contributed by atoms with E-state index in [1.165, 1.54) is 0 Å². The van der Waals surface area contributed by atoms with Crippen molar-refractivity contribution in [2.75, 3.05) is 18.2 Å². The number of rotatable bonds is 5. The van der Waals surface area contributed by atoms with E-state index in [0.717, 1.165) is 41.3 Å². The maximum Gasteiger partial charge on any atom is 0.240 e. The fourth-order valence-corrected chi connectivity index (χ4v) is 3.82. The first-order valence-electron chi connectivity index (χ1n) is 7.39. The molecule has 1 aliphatic heterocycles. The van der Waals surface area contributed by atoms with E-state index in [9.17, 15) is 4.79 Å². The first-order chi connectivity index (χ1) is 9.83. The Balaban J connectivity index is 1.71. The van der Waals surface area contributed by atoms with E-state index in [0.29, 0.717) is 6.73 Å². The average molecular weight is 369 g/mol. The van der Waals surface area contributed by atoms with Crippen molar-refractivity contribution in [1.29, 1.82) is 0 Å². The summed E-state index contributed by atoms with van der Waals surface area (Å²) < 4.78 is 6.69. The maximum absolute atomic E-state index is 12.6. The lowest BCUT2D eigenvalue weighted by molar-refractivity contribution is -0.121. The average Bonchev–Trinajstić information content (AvgIpc) is 3.15. The molecule has 2 aliphatic rings. The van der Waals surface area contributed by atoms with Gasteiger partial charge in [-0.1, -0.05) is 19.6 Å². The van der Waals surface area contributed by atoms with Crippen molar-refractivity contribution >= 4 is 35.7 Å². The smallest absolute Gasteiger partial charge is 0.240 e. The number of anilines is 1. The fourth-order valence-electron chi connectivity index (χ4n) is 2.73. The van der Waals surface area contributed by atoms with Gasteiger partial charge in [0.2, 0.25) is 5.91 Å². The summed E-state index contributed by atoms with van der Waals surface area (Å²) in [6, 6.07) is 3.15. The molecule has 1 amide bonds. The van der Waals surface area contributed by atoms with Gasteiger partial charge < -0.3 is 4.74 Å². The van der Waals surface area contributed by atoms with Gasteiger partial charge in [-0.25, -0.2) is 4.98 Å². The number of pyridine rings is 1. The SMILES string of the molecule is C[Si](C)(C)CCOCN1C(=O)C2(CC2)c2cc(Br)cnc21. The summed E-state index contributed by atoms with van der Waals surface area (Å²) in [6.07, 6.45) is 3.62. The molecule has 3 rings (SSSR count). The summed E-state index contributed by atoms with van der Waals surface area (Å²) in [5.74, 6) is 0.949. The summed E-state index contributed by atoms with van der Waals surface area (Å²) in [4.78, 5) is 18.8. The Bertz CT molecular complexity index is 582. The molecule has 1 spiro atoms. The monoisotopic (exact) mass is 368 g/mol. The number of aromatic nitrogens is 1. The third-order valence-electron chi connectivity index (χ3n) is 4.23. The summed E-state index contributed by atoms with van der Waals surface area (Å²) in [6.45, 7) is 8.02. The summed E-state index contributed by atoms with van der Waals surface area (Å²) in [5, 5.41) is 0. The Labute approximate surface area is 135 Å². The van der Waals surface area contributed by atoms with Crippen molar-refractivity contribution in [3.05, 3.63) is 22.3 Å². The highest BCUT2D eigenvalue weighted by Gasteiger charge is 2.60. The molecule has 0 saturated heterocycles. The second-order valence-corrected chi connectivity index (χ2v) is 13.7. The molecule has 1 aromatic rings. The summed E-state index contributed by atoms with van der Waals surface area (Å²) in [7, 11) is -1.10. The Kier molecular flexibility index (Phi) is 3.74. The highest BCUT2D eigenvalue weighted by atomic mass is 79.9. The van der Waals surface area contributed by atoms with Crippen LogP contribution in [0.4, 0.5) is 5.82 Å². The van der Waals surface area contributed by atoms with Crippen molar-refractivity contribution in [3.63, 3.8) is 0 Å². The number of hydrogen-bond donors (Lipinski definition) is 0. The van der Waals surface area contributed by atoms with Crippen LogP contribution in [0.5, 0.6) is 0 Å². The van der Waals surface area contributed by atoms with Gasteiger partial charge in [-0.3, -0.25) is 9.69 Å². The number of halogens is 1. The van der Waals surface area contributed by atoms with Crippen molar-refractivity contribution in [2.45, 2.75) is 43.9 Å². The van der Waals surface area contributed by atoms with E-state index in [1.54, 1.807) is 11.1 Å². The van der Waals surface area contributed by atoms with Gasteiger partial charge in [-0.05, 0) is 40.9 Å². The van der Waals surface area contributed by atoms with Gasteiger partial charge in [0.1, 0.15) is 12.5 Å². The molecule has 0 aromatic carbocycles. The predicted octanol–water partition coefficient (Wildman–Crippen LogP) is 3.53. The van der Waals surface area contributed by atoms with Crippen LogP contribution in [0.2, 0.25) is 25.7 Å². The second-order valence-electron chi connectivity index (χ2n) is 7.19. The lowest BCUT2D eigenvalue weighted by Crippen LogP contribution is -2.35. The first kappa shape index (κ1) is 15.2. The molecule has 0 bridgehead atoms. The van der Waals surface area contributed by atoms with Crippen LogP contribution in [0, 0.1) is 0 Å². The van der Waals surface area contributed by atoms with Crippen molar-refractivity contribution in [2.24, 2.45) is 0 Å². The van der Waals surface area contributed by atoms with E-state index in [-0.39, 0.29) is 11.3 Å². The first-order valence-corrected chi connectivity index (χ1v) is 11.9. The number of carbonyl (C=O) groups excluding carboxylic acids is 1. The zero-order valence-corrected chi connectivity index (χ0v) is 15.4. The zero-order chi connectivity index (χ0) is 15.3. The normalized spacial score (nSPS) is 19.2. The van der Waals surface area contributed by atoms with Gasteiger partial charge in [0.05, 0.1) is 5.41 Å². The second kappa shape index (κ2) is 5.17. The summed E-state index contributed by atoms with van der Waals surface area (Å²) in [5.41, 5.74) is 0.768. The van der Waals surface area contributed by atoms with Gasteiger partial charge in [0.25, 0.3) is 0 Å². The molecule has 2 heterocycles. The molecule has 114 valence electrons. The van der Waals surface area contributed by atoms with Crippen LogP contribution in [-0.2, 0) is 14.9 Å². The molecule has 6 heteroatoms. The van der Waals surface area contributed by atoms with Crippen LogP contribution in [-0.4, -0.2) is 32.3 Å². The number of nitrogens with zero attached hydrogens (tertiary/aromatic N) is 2. The lowest BCUT2D eigenvalue weighted by Gasteiger charge is -2.19. The van der Waals surface area contributed by atoms with Crippen LogP contribution in [0.3, 0.4) is 0 Å². The number of fused-ring (bicyclic) bond motifs is 2. The van der Waals surface area contributed by atoms with E-state index < -0.39 is 8.07 Å². The van der Waals surface area contributed by atoms with Gasteiger partial charge in [0, 0.05) is 30.9 Å². The van der Waals surface area contributed by atoms with Gasteiger partial charge >= 0.3 is 0 Å². The predicted molar refractivity (Wildman–Crippen MR) is 89.3 cm³/mol. The Morgan fingerprint density at radius 1 is 1.43 bits per heavy atom. The maximum atomic E-state index is 12.6. The van der Waals surface area contributed by atoms with E-state index >= 15 is 0 Å². The molecule has 1 saturated carbocycles. The van der Waals surface area contributed by atoms with Crippen molar-refractivity contribution < 1.29 is 9.53 Å². The minimum Gasteiger partial charge on any atom is -0.361 e. The topological polar surface area (TPSA) is 42.4 Å². The number of carbonyl (C=O) groups is 1. The van der Waals surface area contributed by atoms with Gasteiger partial charge in [-0.2, -0.15) is 0 Å². The zero-order valence-electron chi connectivity index (χ0n) is 12.8. The van der Waals surface area contributed by atoms with Crippen molar-refractivity contribution in [1.82, 2.24) is 4.98 Å². The van der Waals surface area contributed by atoms with Gasteiger partial charge in [-0.15, -0.1) is 0 Å². The summed E-state index contributed by atoms with van der Waals surface area (Å²) >= 11 is 3.45. The van der Waals surface area contributed by atoms with Crippen LogP contribution in [0.1, 0.15) is 18.4 Å². The molecule has 0 unspecified atom stereocenters. The molecular formula is C15H21BrN2O2Si. The van der Waals surface area contributed by atoms with Crippen LogP contribution >= 0.6 is 15.9 Å².